The fourth-order valence-corrected chi connectivity index (χ4v) is 2.38. The van der Waals surface area contributed by atoms with Crippen LogP contribution in [0.5, 0.6) is 0 Å². The zero-order chi connectivity index (χ0) is 9.97. The molecular weight excluding hydrogens is 188 g/mol. The predicted molar refractivity (Wildman–Crippen MR) is 45.9 cm³/mol. The zero-order valence-corrected chi connectivity index (χ0v) is 7.93. The topological polar surface area (TPSA) is 20.3 Å². The summed E-state index contributed by atoms with van der Waals surface area (Å²) in [6.45, 7) is 1.47. The molecule has 3 rings (SSSR count). The minimum absolute atomic E-state index is 0.287. The average molecular weight is 201 g/mol. The molecule has 0 aromatic rings. The first kappa shape index (κ1) is 8.62. The Labute approximate surface area is 81.3 Å². The van der Waals surface area contributed by atoms with Crippen LogP contribution in [0.1, 0.15) is 25.7 Å². The Morgan fingerprint density at radius 1 is 1.14 bits per heavy atom. The molecule has 1 saturated heterocycles. The second-order valence-corrected chi connectivity index (χ2v) is 5.12. The van der Waals surface area contributed by atoms with Gasteiger partial charge in [-0.05, 0) is 25.7 Å². The van der Waals surface area contributed by atoms with Crippen molar-refractivity contribution in [2.75, 3.05) is 13.1 Å². The molecule has 0 radical (unpaired) electrons. The Balaban J connectivity index is 1.66. The Morgan fingerprint density at radius 3 is 2.07 bits per heavy atom. The highest BCUT2D eigenvalue weighted by Gasteiger charge is 2.63. The molecule has 1 amide bonds. The van der Waals surface area contributed by atoms with Gasteiger partial charge in [0.05, 0.1) is 0 Å². The van der Waals surface area contributed by atoms with Gasteiger partial charge in [0.1, 0.15) is 5.41 Å². The largest absolute Gasteiger partial charge is 0.341 e. The lowest BCUT2D eigenvalue weighted by atomic mass is 9.93. The van der Waals surface area contributed by atoms with Gasteiger partial charge in [-0.2, -0.15) is 0 Å². The molecule has 1 aliphatic heterocycles. The number of nitrogens with zero attached hydrogens (tertiary/aromatic N) is 1. The van der Waals surface area contributed by atoms with Gasteiger partial charge in [0.2, 0.25) is 5.91 Å². The van der Waals surface area contributed by atoms with Gasteiger partial charge < -0.3 is 4.90 Å². The van der Waals surface area contributed by atoms with E-state index in [1.165, 1.54) is 12.8 Å². The van der Waals surface area contributed by atoms with Crippen molar-refractivity contribution in [3.8, 4) is 0 Å². The van der Waals surface area contributed by atoms with Crippen LogP contribution in [0.2, 0.25) is 0 Å². The molecule has 1 heterocycles. The molecule has 0 unspecified atom stereocenters. The third-order valence-corrected chi connectivity index (χ3v) is 3.93. The van der Waals surface area contributed by atoms with Crippen LogP contribution in [-0.4, -0.2) is 30.3 Å². The molecule has 2 nitrogen and oxygen atoms in total. The van der Waals surface area contributed by atoms with Gasteiger partial charge in [-0.25, -0.2) is 8.78 Å². The maximum Gasteiger partial charge on any atom is 0.252 e. The molecule has 3 fully saturated rings. The lowest BCUT2D eigenvalue weighted by Crippen LogP contribution is -2.55. The summed E-state index contributed by atoms with van der Waals surface area (Å²) in [6, 6.07) is 0. The first-order valence-corrected chi connectivity index (χ1v) is 5.16. The van der Waals surface area contributed by atoms with Crippen LogP contribution >= 0.6 is 0 Å². The zero-order valence-electron chi connectivity index (χ0n) is 7.93. The monoisotopic (exact) mass is 201 g/mol. The Hall–Kier alpha value is -0.670. The number of alkyl halides is 2. The number of halogens is 2. The number of hydrogen-bond acceptors (Lipinski definition) is 1. The smallest absolute Gasteiger partial charge is 0.252 e. The molecule has 0 aromatic carbocycles. The van der Waals surface area contributed by atoms with Crippen LogP contribution in [0.3, 0.4) is 0 Å². The van der Waals surface area contributed by atoms with Gasteiger partial charge in [0.25, 0.3) is 6.43 Å². The van der Waals surface area contributed by atoms with E-state index in [4.69, 9.17) is 0 Å². The second-order valence-electron chi connectivity index (χ2n) is 5.12. The van der Waals surface area contributed by atoms with Crippen molar-refractivity contribution in [1.82, 2.24) is 4.90 Å². The fraction of sp³-hybridized carbons (Fsp3) is 0.900. The predicted octanol–water partition coefficient (Wildman–Crippen LogP) is 1.65. The maximum absolute atomic E-state index is 12.6. The van der Waals surface area contributed by atoms with E-state index in [0.717, 1.165) is 13.1 Å². The van der Waals surface area contributed by atoms with Crippen LogP contribution in [-0.2, 0) is 4.79 Å². The van der Waals surface area contributed by atoms with Crippen molar-refractivity contribution < 1.29 is 13.6 Å². The fourth-order valence-electron chi connectivity index (χ4n) is 2.38. The molecule has 0 bridgehead atoms. The number of carbonyl (C=O) groups is 1. The SMILES string of the molecule is O=C(N1CC2(CC2)C1)C1(C(F)F)CC1. The number of carbonyl (C=O) groups excluding carboxylic acids is 1. The molecule has 78 valence electrons. The normalized spacial score (nSPS) is 30.4. The van der Waals surface area contributed by atoms with Crippen molar-refractivity contribution in [2.24, 2.45) is 10.8 Å². The van der Waals surface area contributed by atoms with E-state index >= 15 is 0 Å². The molecule has 3 aliphatic rings. The number of likely N-dealkylation sites (tertiary alicyclic amines) is 1. The Morgan fingerprint density at radius 2 is 1.71 bits per heavy atom. The Kier molecular flexibility index (Phi) is 1.41. The molecule has 2 saturated carbocycles. The van der Waals surface area contributed by atoms with Crippen molar-refractivity contribution in [2.45, 2.75) is 32.1 Å². The average Bonchev–Trinajstić information content (AvgIpc) is 2.95. The van der Waals surface area contributed by atoms with E-state index in [1.807, 2.05) is 0 Å². The molecule has 0 N–H and O–H groups in total. The lowest BCUT2D eigenvalue weighted by Gasteiger charge is -2.41. The van der Waals surface area contributed by atoms with E-state index in [9.17, 15) is 13.6 Å². The van der Waals surface area contributed by atoms with Gasteiger partial charge in [-0.3, -0.25) is 4.79 Å². The van der Waals surface area contributed by atoms with Crippen molar-refractivity contribution in [1.29, 1.82) is 0 Å². The summed E-state index contributed by atoms with van der Waals surface area (Å²) in [5.74, 6) is -0.287. The molecule has 2 aliphatic carbocycles. The second kappa shape index (κ2) is 2.28. The first-order valence-electron chi connectivity index (χ1n) is 5.16. The van der Waals surface area contributed by atoms with Gasteiger partial charge in [0.15, 0.2) is 0 Å². The van der Waals surface area contributed by atoms with Crippen molar-refractivity contribution in [3.63, 3.8) is 0 Å². The van der Waals surface area contributed by atoms with E-state index < -0.39 is 11.8 Å². The van der Waals surface area contributed by atoms with Crippen molar-refractivity contribution in [3.05, 3.63) is 0 Å². The highest BCUT2D eigenvalue weighted by Crippen LogP contribution is 2.57. The summed E-state index contributed by atoms with van der Waals surface area (Å²) in [5, 5.41) is 0. The lowest BCUT2D eigenvalue weighted by molar-refractivity contribution is -0.150. The summed E-state index contributed by atoms with van der Waals surface area (Å²) in [5.41, 5.74) is -0.898. The summed E-state index contributed by atoms with van der Waals surface area (Å²) < 4.78 is 25.2. The molecule has 4 heteroatoms. The highest BCUT2D eigenvalue weighted by atomic mass is 19.3. The maximum atomic E-state index is 12.6. The van der Waals surface area contributed by atoms with Crippen LogP contribution in [0.25, 0.3) is 0 Å². The molecular formula is C10H13F2NO. The van der Waals surface area contributed by atoms with Crippen molar-refractivity contribution >= 4 is 5.91 Å². The van der Waals surface area contributed by atoms with Gasteiger partial charge in [-0.15, -0.1) is 0 Å². The van der Waals surface area contributed by atoms with E-state index in [-0.39, 0.29) is 5.91 Å². The Bertz CT molecular complexity index is 286. The highest BCUT2D eigenvalue weighted by molar-refractivity contribution is 5.86. The number of amides is 1. The summed E-state index contributed by atoms with van der Waals surface area (Å²) in [6.07, 6.45) is 0.655. The number of rotatable bonds is 2. The van der Waals surface area contributed by atoms with Gasteiger partial charge in [-0.1, -0.05) is 0 Å². The molecule has 0 aromatic heterocycles. The first-order chi connectivity index (χ1) is 6.58. The summed E-state index contributed by atoms with van der Waals surface area (Å²) >= 11 is 0. The molecule has 1 spiro atoms. The standard InChI is InChI=1S/C10H13F2NO/c11-7(12)10(3-4-10)8(14)13-5-9(6-13)1-2-9/h7H,1-6H2. The van der Waals surface area contributed by atoms with Crippen LogP contribution in [0.4, 0.5) is 8.78 Å². The summed E-state index contributed by atoms with van der Waals surface area (Å²) in [4.78, 5) is 13.3. The van der Waals surface area contributed by atoms with E-state index in [2.05, 4.69) is 0 Å². The van der Waals surface area contributed by atoms with E-state index in [0.29, 0.717) is 18.3 Å². The van der Waals surface area contributed by atoms with Gasteiger partial charge >= 0.3 is 0 Å². The van der Waals surface area contributed by atoms with Crippen LogP contribution in [0, 0.1) is 10.8 Å². The number of hydrogen-bond donors (Lipinski definition) is 0. The van der Waals surface area contributed by atoms with E-state index in [1.54, 1.807) is 4.90 Å². The molecule has 14 heavy (non-hydrogen) atoms. The third kappa shape index (κ3) is 0.969. The summed E-state index contributed by atoms with van der Waals surface area (Å²) in [7, 11) is 0. The third-order valence-electron chi connectivity index (χ3n) is 3.93. The van der Waals surface area contributed by atoms with Crippen LogP contribution in [0.15, 0.2) is 0 Å². The minimum atomic E-state index is -2.47. The quantitative estimate of drug-likeness (QED) is 0.665. The van der Waals surface area contributed by atoms with Crippen LogP contribution < -0.4 is 0 Å². The van der Waals surface area contributed by atoms with Gasteiger partial charge in [0, 0.05) is 18.5 Å². The minimum Gasteiger partial charge on any atom is -0.341 e. The molecule has 0 atom stereocenters.